The van der Waals surface area contributed by atoms with Crippen LogP contribution in [0.15, 0.2) is 4.79 Å². The number of aromatic nitrogens is 2. The third-order valence-corrected chi connectivity index (χ3v) is 5.76. The van der Waals surface area contributed by atoms with Gasteiger partial charge in [-0.15, -0.1) is 23.7 Å². The quantitative estimate of drug-likeness (QED) is 0.736. The van der Waals surface area contributed by atoms with Gasteiger partial charge >= 0.3 is 0 Å². The van der Waals surface area contributed by atoms with Crippen LogP contribution < -0.4 is 16.2 Å². The third kappa shape index (κ3) is 4.80. The summed E-state index contributed by atoms with van der Waals surface area (Å²) < 4.78 is 0. The molecule has 3 N–H and O–H groups in total. The van der Waals surface area contributed by atoms with E-state index in [1.54, 1.807) is 0 Å². The molecule has 1 unspecified atom stereocenters. The Hall–Kier alpha value is -1.44. The first kappa shape index (κ1) is 19.9. The predicted octanol–water partition coefficient (Wildman–Crippen LogP) is 2.07. The number of nitrogens with one attached hydrogen (secondary N) is 3. The van der Waals surface area contributed by atoms with Crippen molar-refractivity contribution in [2.24, 2.45) is 5.92 Å². The third-order valence-electron chi connectivity index (χ3n) is 4.66. The Morgan fingerprint density at radius 3 is 2.92 bits per heavy atom. The van der Waals surface area contributed by atoms with Crippen molar-refractivity contribution in [3.8, 4) is 0 Å². The molecule has 0 aromatic carbocycles. The molecule has 1 saturated heterocycles. The lowest BCUT2D eigenvalue weighted by Gasteiger charge is -2.22. The van der Waals surface area contributed by atoms with Crippen LogP contribution in [0.3, 0.4) is 0 Å². The normalized spacial score (nSPS) is 17.3. The van der Waals surface area contributed by atoms with Gasteiger partial charge < -0.3 is 15.6 Å². The van der Waals surface area contributed by atoms with Crippen LogP contribution >= 0.6 is 23.7 Å². The van der Waals surface area contributed by atoms with Gasteiger partial charge in [-0.3, -0.25) is 9.59 Å². The Bertz CT molecular complexity index is 796. The lowest BCUT2D eigenvalue weighted by Crippen LogP contribution is -2.38. The number of hydrogen-bond acceptors (Lipinski definition) is 5. The summed E-state index contributed by atoms with van der Waals surface area (Å²) in [6, 6.07) is 0. The van der Waals surface area contributed by atoms with Crippen LogP contribution in [0.1, 0.15) is 35.5 Å². The number of piperidine rings is 1. The van der Waals surface area contributed by atoms with E-state index in [4.69, 9.17) is 0 Å². The van der Waals surface area contributed by atoms with Gasteiger partial charge in [0.1, 0.15) is 10.7 Å². The molecule has 25 heavy (non-hydrogen) atoms. The SMILES string of the molecule is Cc1sc2nc(CCC(=O)NCC3CCCNC3)[nH]c(=O)c2c1C.Cl. The molecule has 138 valence electrons. The minimum Gasteiger partial charge on any atom is -0.356 e. The number of hydrogen-bond donors (Lipinski definition) is 3. The summed E-state index contributed by atoms with van der Waals surface area (Å²) in [5.41, 5.74) is 0.889. The zero-order chi connectivity index (χ0) is 17.1. The zero-order valence-electron chi connectivity index (χ0n) is 14.6. The Balaban J connectivity index is 0.00000225. The van der Waals surface area contributed by atoms with Crippen LogP contribution in [-0.4, -0.2) is 35.5 Å². The second kappa shape index (κ2) is 8.78. The summed E-state index contributed by atoms with van der Waals surface area (Å²) in [5, 5.41) is 7.01. The fourth-order valence-corrected chi connectivity index (χ4v) is 4.14. The van der Waals surface area contributed by atoms with Crippen molar-refractivity contribution >= 4 is 39.9 Å². The number of rotatable bonds is 5. The summed E-state index contributed by atoms with van der Waals surface area (Å²) in [7, 11) is 0. The molecule has 1 fully saturated rings. The van der Waals surface area contributed by atoms with Gasteiger partial charge in [-0.05, 0) is 51.3 Å². The second-order valence-electron chi connectivity index (χ2n) is 6.49. The van der Waals surface area contributed by atoms with Gasteiger partial charge in [-0.2, -0.15) is 0 Å². The average molecular weight is 385 g/mol. The van der Waals surface area contributed by atoms with Crippen molar-refractivity contribution in [3.05, 3.63) is 26.6 Å². The number of aromatic amines is 1. The molecule has 0 aliphatic carbocycles. The number of fused-ring (bicyclic) bond motifs is 1. The van der Waals surface area contributed by atoms with Crippen LogP contribution in [0.4, 0.5) is 0 Å². The minimum atomic E-state index is -0.106. The number of nitrogens with zero attached hydrogens (tertiary/aromatic N) is 1. The standard InChI is InChI=1S/C17H24N4O2S.ClH/c1-10-11(2)24-17-15(10)16(23)20-13(21-17)5-6-14(22)19-9-12-4-3-7-18-8-12;/h12,18H,3-9H2,1-2H3,(H,19,22)(H,20,21,23);1H. The maximum absolute atomic E-state index is 12.2. The molecular formula is C17H25ClN4O2S. The van der Waals surface area contributed by atoms with Gasteiger partial charge in [0.05, 0.1) is 5.39 Å². The van der Waals surface area contributed by atoms with Gasteiger partial charge in [-0.1, -0.05) is 0 Å². The molecule has 0 radical (unpaired) electrons. The van der Waals surface area contributed by atoms with Crippen LogP contribution in [0, 0.1) is 19.8 Å². The first-order valence-electron chi connectivity index (χ1n) is 8.51. The van der Waals surface area contributed by atoms with E-state index in [1.807, 2.05) is 13.8 Å². The van der Waals surface area contributed by atoms with E-state index in [0.717, 1.165) is 41.3 Å². The Morgan fingerprint density at radius 2 is 2.20 bits per heavy atom. The Kier molecular flexibility index (Phi) is 6.98. The fourth-order valence-electron chi connectivity index (χ4n) is 3.09. The lowest BCUT2D eigenvalue weighted by atomic mass is 10.00. The second-order valence-corrected chi connectivity index (χ2v) is 7.70. The van der Waals surface area contributed by atoms with E-state index in [9.17, 15) is 9.59 Å². The molecule has 6 nitrogen and oxygen atoms in total. The largest absolute Gasteiger partial charge is 0.356 e. The molecule has 0 bridgehead atoms. The van der Waals surface area contributed by atoms with Crippen molar-refractivity contribution in [2.75, 3.05) is 19.6 Å². The first-order valence-corrected chi connectivity index (χ1v) is 9.32. The highest BCUT2D eigenvalue weighted by Gasteiger charge is 2.15. The van der Waals surface area contributed by atoms with Crippen molar-refractivity contribution < 1.29 is 4.79 Å². The molecule has 1 aliphatic heterocycles. The Labute approximate surface area is 157 Å². The highest BCUT2D eigenvalue weighted by molar-refractivity contribution is 7.18. The first-order chi connectivity index (χ1) is 11.5. The highest BCUT2D eigenvalue weighted by atomic mass is 35.5. The summed E-state index contributed by atoms with van der Waals surface area (Å²) in [5.74, 6) is 1.12. The summed E-state index contributed by atoms with van der Waals surface area (Å²) in [6.45, 7) is 6.71. The van der Waals surface area contributed by atoms with Gasteiger partial charge in [0.15, 0.2) is 0 Å². The maximum atomic E-state index is 12.2. The summed E-state index contributed by atoms with van der Waals surface area (Å²) in [6.07, 6.45) is 3.13. The van der Waals surface area contributed by atoms with E-state index in [2.05, 4.69) is 20.6 Å². The minimum absolute atomic E-state index is 0. The van der Waals surface area contributed by atoms with Crippen molar-refractivity contribution in [3.63, 3.8) is 0 Å². The number of amides is 1. The van der Waals surface area contributed by atoms with Crippen LogP contribution in [0.5, 0.6) is 0 Å². The van der Waals surface area contributed by atoms with Crippen LogP contribution in [-0.2, 0) is 11.2 Å². The van der Waals surface area contributed by atoms with Gasteiger partial charge in [0.25, 0.3) is 5.56 Å². The molecular weight excluding hydrogens is 360 g/mol. The average Bonchev–Trinajstić information content (AvgIpc) is 2.86. The van der Waals surface area contributed by atoms with Gasteiger partial charge in [0, 0.05) is 24.3 Å². The maximum Gasteiger partial charge on any atom is 0.259 e. The van der Waals surface area contributed by atoms with E-state index in [0.29, 0.717) is 30.0 Å². The molecule has 1 aliphatic rings. The highest BCUT2D eigenvalue weighted by Crippen LogP contribution is 2.25. The monoisotopic (exact) mass is 384 g/mol. The number of H-pyrrole nitrogens is 1. The van der Waals surface area contributed by atoms with Crippen LogP contribution in [0.2, 0.25) is 0 Å². The van der Waals surface area contributed by atoms with Gasteiger partial charge in [-0.25, -0.2) is 4.98 Å². The van der Waals surface area contributed by atoms with Crippen molar-refractivity contribution in [1.29, 1.82) is 0 Å². The molecule has 3 rings (SSSR count). The molecule has 3 heterocycles. The molecule has 8 heteroatoms. The van der Waals surface area contributed by atoms with E-state index >= 15 is 0 Å². The van der Waals surface area contributed by atoms with E-state index < -0.39 is 0 Å². The number of thiophene rings is 1. The molecule has 1 amide bonds. The number of aryl methyl sites for hydroxylation is 3. The number of carbonyl (C=O) groups is 1. The molecule has 0 spiro atoms. The number of halogens is 1. The van der Waals surface area contributed by atoms with E-state index in [-0.39, 0.29) is 23.9 Å². The summed E-state index contributed by atoms with van der Waals surface area (Å²) in [4.78, 5) is 33.4. The topological polar surface area (TPSA) is 86.9 Å². The molecule has 2 aromatic rings. The summed E-state index contributed by atoms with van der Waals surface area (Å²) >= 11 is 1.53. The van der Waals surface area contributed by atoms with Crippen molar-refractivity contribution in [2.45, 2.75) is 39.5 Å². The lowest BCUT2D eigenvalue weighted by molar-refractivity contribution is -0.121. The molecule has 1 atom stereocenters. The Morgan fingerprint density at radius 1 is 1.40 bits per heavy atom. The fraction of sp³-hybridized carbons (Fsp3) is 0.588. The predicted molar refractivity (Wildman–Crippen MR) is 104 cm³/mol. The van der Waals surface area contributed by atoms with Gasteiger partial charge in [0.2, 0.25) is 5.91 Å². The molecule has 0 saturated carbocycles. The van der Waals surface area contributed by atoms with Crippen molar-refractivity contribution in [1.82, 2.24) is 20.6 Å². The smallest absolute Gasteiger partial charge is 0.259 e. The zero-order valence-corrected chi connectivity index (χ0v) is 16.2. The number of carbonyl (C=O) groups excluding carboxylic acids is 1. The molecule has 2 aromatic heterocycles. The van der Waals surface area contributed by atoms with E-state index in [1.165, 1.54) is 17.8 Å². The van der Waals surface area contributed by atoms with Crippen LogP contribution in [0.25, 0.3) is 10.2 Å².